The number of nitrogens with one attached hydrogen (secondary N) is 2. The Kier molecular flexibility index (Phi) is 5.88. The molecule has 1 aromatic carbocycles. The maximum Gasteiger partial charge on any atom is 0.253 e. The Morgan fingerprint density at radius 3 is 2.67 bits per heavy atom. The first-order valence-electron chi connectivity index (χ1n) is 8.99. The fraction of sp³-hybridized carbons (Fsp3) is 0.421. The number of hydrogen-bond acceptors (Lipinski definition) is 5. The van der Waals surface area contributed by atoms with E-state index in [4.69, 9.17) is 0 Å². The minimum absolute atomic E-state index is 0.0598. The summed E-state index contributed by atoms with van der Waals surface area (Å²) in [5, 5.41) is 6.28. The molecule has 2 heterocycles. The minimum Gasteiger partial charge on any atom is -0.345 e. The van der Waals surface area contributed by atoms with E-state index in [0.717, 1.165) is 25.5 Å². The lowest BCUT2D eigenvalue weighted by Gasteiger charge is -2.35. The molecule has 1 aliphatic rings. The number of anilines is 1. The topological polar surface area (TPSA) is 82.5 Å². The molecule has 8 heteroatoms. The monoisotopic (exact) mass is 370 g/mol. The van der Waals surface area contributed by atoms with Crippen LogP contribution in [0.3, 0.4) is 0 Å². The van der Waals surface area contributed by atoms with Crippen molar-refractivity contribution < 1.29 is 9.59 Å². The van der Waals surface area contributed by atoms with Gasteiger partial charge in [-0.05, 0) is 24.3 Å². The zero-order valence-corrected chi connectivity index (χ0v) is 16.0. The molecule has 0 spiro atoms. The molecular weight excluding hydrogens is 344 g/mol. The maximum atomic E-state index is 12.5. The first kappa shape index (κ1) is 19.1. The normalized spacial score (nSPS) is 17.5. The zero-order chi connectivity index (χ0) is 19.4. The summed E-state index contributed by atoms with van der Waals surface area (Å²) < 4.78 is 1.99. The number of piperazine rings is 1. The van der Waals surface area contributed by atoms with E-state index in [0.29, 0.717) is 11.3 Å². The molecule has 2 amide bonds. The van der Waals surface area contributed by atoms with E-state index in [2.05, 4.69) is 20.5 Å². The third-order valence-corrected chi connectivity index (χ3v) is 4.68. The second-order valence-corrected chi connectivity index (χ2v) is 6.91. The van der Waals surface area contributed by atoms with Gasteiger partial charge in [-0.1, -0.05) is 0 Å². The third kappa shape index (κ3) is 4.53. The molecule has 0 radical (unpaired) electrons. The summed E-state index contributed by atoms with van der Waals surface area (Å²) in [4.78, 5) is 32.6. The summed E-state index contributed by atoms with van der Waals surface area (Å²) in [6.45, 7) is 2.67. The van der Waals surface area contributed by atoms with Gasteiger partial charge in [0.15, 0.2) is 0 Å². The summed E-state index contributed by atoms with van der Waals surface area (Å²) in [5.74, 6) is 0.802. The summed E-state index contributed by atoms with van der Waals surface area (Å²) in [5.41, 5.74) is 1.27. The van der Waals surface area contributed by atoms with Crippen LogP contribution in [-0.4, -0.2) is 71.4 Å². The molecule has 2 N–H and O–H groups in total. The van der Waals surface area contributed by atoms with Crippen LogP contribution in [0, 0.1) is 0 Å². The first-order valence-corrected chi connectivity index (χ1v) is 8.99. The highest BCUT2D eigenvalue weighted by atomic mass is 16.2. The molecule has 1 unspecified atom stereocenters. The van der Waals surface area contributed by atoms with Crippen molar-refractivity contribution in [2.24, 2.45) is 7.05 Å². The van der Waals surface area contributed by atoms with Gasteiger partial charge in [-0.2, -0.15) is 0 Å². The largest absolute Gasteiger partial charge is 0.345 e. The number of imidazole rings is 1. The summed E-state index contributed by atoms with van der Waals surface area (Å²) in [6.07, 6.45) is 3.69. The number of aromatic nitrogens is 2. The quantitative estimate of drug-likeness (QED) is 0.810. The Hall–Kier alpha value is -2.71. The Labute approximate surface area is 159 Å². The van der Waals surface area contributed by atoms with Gasteiger partial charge in [0.1, 0.15) is 5.82 Å². The van der Waals surface area contributed by atoms with Crippen molar-refractivity contribution in [1.82, 2.24) is 24.7 Å². The van der Waals surface area contributed by atoms with Crippen molar-refractivity contribution in [3.05, 3.63) is 48.0 Å². The van der Waals surface area contributed by atoms with Crippen molar-refractivity contribution in [1.29, 1.82) is 0 Å². The van der Waals surface area contributed by atoms with Crippen LogP contribution in [0.2, 0.25) is 0 Å². The van der Waals surface area contributed by atoms with Gasteiger partial charge < -0.3 is 20.1 Å². The van der Waals surface area contributed by atoms with Gasteiger partial charge in [-0.3, -0.25) is 14.5 Å². The highest BCUT2D eigenvalue weighted by Gasteiger charge is 2.28. The molecular formula is C19H26N6O2. The molecule has 0 aliphatic carbocycles. The number of amides is 2. The van der Waals surface area contributed by atoms with Crippen molar-refractivity contribution >= 4 is 17.5 Å². The van der Waals surface area contributed by atoms with Crippen LogP contribution in [0.25, 0.3) is 0 Å². The maximum absolute atomic E-state index is 12.5. The van der Waals surface area contributed by atoms with Gasteiger partial charge in [0.05, 0.1) is 12.6 Å². The number of benzene rings is 1. The van der Waals surface area contributed by atoms with E-state index in [1.54, 1.807) is 44.6 Å². The first-order chi connectivity index (χ1) is 13.0. The minimum atomic E-state index is -0.0807. The molecule has 8 nitrogen and oxygen atoms in total. The van der Waals surface area contributed by atoms with Crippen LogP contribution >= 0.6 is 0 Å². The lowest BCUT2D eigenvalue weighted by Crippen LogP contribution is -2.49. The van der Waals surface area contributed by atoms with E-state index in [9.17, 15) is 9.59 Å². The number of aryl methyl sites for hydroxylation is 1. The van der Waals surface area contributed by atoms with E-state index < -0.39 is 0 Å². The number of carbonyl (C=O) groups excluding carboxylic acids is 2. The average molecular weight is 370 g/mol. The van der Waals surface area contributed by atoms with Crippen molar-refractivity contribution in [3.63, 3.8) is 0 Å². The number of nitrogens with zero attached hydrogens (tertiary/aromatic N) is 4. The molecule has 2 aromatic rings. The third-order valence-electron chi connectivity index (χ3n) is 4.68. The molecule has 1 fully saturated rings. The standard InChI is InChI=1S/C19H26N6O2/c1-23(2)19(27)14-4-6-15(7-5-14)22-17(26)13-25-11-8-20-12-16(25)18-21-9-10-24(18)3/h4-7,9-10,16,20H,8,11-13H2,1-3H3,(H,22,26). The van der Waals surface area contributed by atoms with Crippen LogP contribution in [0.15, 0.2) is 36.7 Å². The average Bonchev–Trinajstić information content (AvgIpc) is 3.08. The Morgan fingerprint density at radius 2 is 2.04 bits per heavy atom. The molecule has 0 bridgehead atoms. The van der Waals surface area contributed by atoms with Gasteiger partial charge in [0, 0.05) is 64.4 Å². The molecule has 144 valence electrons. The second-order valence-electron chi connectivity index (χ2n) is 6.91. The zero-order valence-electron chi connectivity index (χ0n) is 16.0. The SMILES string of the molecule is CN(C)C(=O)c1ccc(NC(=O)CN2CCNCC2c2nccn2C)cc1. The fourth-order valence-electron chi connectivity index (χ4n) is 3.23. The van der Waals surface area contributed by atoms with Crippen LogP contribution in [-0.2, 0) is 11.8 Å². The molecule has 27 heavy (non-hydrogen) atoms. The fourth-order valence-corrected chi connectivity index (χ4v) is 3.23. The van der Waals surface area contributed by atoms with Crippen LogP contribution in [0.5, 0.6) is 0 Å². The Balaban J connectivity index is 1.62. The van der Waals surface area contributed by atoms with Gasteiger partial charge in [-0.15, -0.1) is 0 Å². The smallest absolute Gasteiger partial charge is 0.253 e. The van der Waals surface area contributed by atoms with E-state index >= 15 is 0 Å². The van der Waals surface area contributed by atoms with Crippen LogP contribution in [0.1, 0.15) is 22.2 Å². The highest BCUT2D eigenvalue weighted by molar-refractivity contribution is 5.96. The van der Waals surface area contributed by atoms with Gasteiger partial charge in [-0.25, -0.2) is 4.98 Å². The van der Waals surface area contributed by atoms with E-state index in [1.165, 1.54) is 4.90 Å². The molecule has 1 aromatic heterocycles. The molecule has 1 atom stereocenters. The van der Waals surface area contributed by atoms with Crippen molar-refractivity contribution in [2.75, 3.05) is 45.6 Å². The molecule has 0 saturated carbocycles. The number of rotatable bonds is 5. The predicted molar refractivity (Wildman–Crippen MR) is 103 cm³/mol. The summed E-state index contributed by atoms with van der Waals surface area (Å²) in [7, 11) is 5.39. The second kappa shape index (κ2) is 8.32. The van der Waals surface area contributed by atoms with Crippen molar-refractivity contribution in [3.8, 4) is 0 Å². The van der Waals surface area contributed by atoms with Crippen LogP contribution in [0.4, 0.5) is 5.69 Å². The van der Waals surface area contributed by atoms with Gasteiger partial charge in [0.2, 0.25) is 5.91 Å². The van der Waals surface area contributed by atoms with Gasteiger partial charge in [0.25, 0.3) is 5.91 Å². The number of carbonyl (C=O) groups is 2. The van der Waals surface area contributed by atoms with E-state index in [1.807, 2.05) is 17.8 Å². The van der Waals surface area contributed by atoms with Crippen molar-refractivity contribution in [2.45, 2.75) is 6.04 Å². The predicted octanol–water partition coefficient (Wildman–Crippen LogP) is 0.707. The molecule has 1 aliphatic heterocycles. The van der Waals surface area contributed by atoms with E-state index in [-0.39, 0.29) is 24.4 Å². The van der Waals surface area contributed by atoms with Crippen LogP contribution < -0.4 is 10.6 Å². The lowest BCUT2D eigenvalue weighted by atomic mass is 10.1. The number of hydrogen-bond donors (Lipinski definition) is 2. The summed E-state index contributed by atoms with van der Waals surface area (Å²) in [6, 6.07) is 7.01. The molecule has 3 rings (SSSR count). The highest BCUT2D eigenvalue weighted by Crippen LogP contribution is 2.20. The lowest BCUT2D eigenvalue weighted by molar-refractivity contribution is -0.118. The Bertz CT molecular complexity index is 799. The Morgan fingerprint density at radius 1 is 1.30 bits per heavy atom. The summed E-state index contributed by atoms with van der Waals surface area (Å²) >= 11 is 0. The van der Waals surface area contributed by atoms with Gasteiger partial charge >= 0.3 is 0 Å². The molecule has 1 saturated heterocycles.